The number of rotatable bonds is 8. The lowest BCUT2D eigenvalue weighted by atomic mass is 10.1. The van der Waals surface area contributed by atoms with Crippen LogP contribution in [0.25, 0.3) is 0 Å². The van der Waals surface area contributed by atoms with Crippen molar-refractivity contribution >= 4 is 23.7 Å². The minimum Gasteiger partial charge on any atom is -0.445 e. The van der Waals surface area contributed by atoms with Gasteiger partial charge < -0.3 is 20.6 Å². The molecule has 8 heteroatoms. The van der Waals surface area contributed by atoms with Gasteiger partial charge in [-0.2, -0.15) is 0 Å². The van der Waals surface area contributed by atoms with Crippen molar-refractivity contribution in [2.24, 2.45) is 5.73 Å². The Labute approximate surface area is 158 Å². The summed E-state index contributed by atoms with van der Waals surface area (Å²) < 4.78 is 5.29. The normalized spacial score (nSPS) is 17.2. The third-order valence-electron chi connectivity index (χ3n) is 4.44. The molecule has 3 N–H and O–H groups in total. The van der Waals surface area contributed by atoms with Crippen LogP contribution in [0.3, 0.4) is 0 Å². The molecule has 0 saturated carbocycles. The van der Waals surface area contributed by atoms with E-state index in [0.29, 0.717) is 19.4 Å². The lowest BCUT2D eigenvalue weighted by Gasteiger charge is -2.25. The third-order valence-corrected chi connectivity index (χ3v) is 4.44. The smallest absolute Gasteiger partial charge is 0.410 e. The molecule has 2 rings (SSSR count). The number of benzene rings is 1. The van der Waals surface area contributed by atoms with Gasteiger partial charge in [0.05, 0.1) is 0 Å². The van der Waals surface area contributed by atoms with Crippen molar-refractivity contribution in [3.05, 3.63) is 35.9 Å². The topological polar surface area (TPSA) is 119 Å². The van der Waals surface area contributed by atoms with Gasteiger partial charge in [-0.25, -0.2) is 4.79 Å². The quantitative estimate of drug-likeness (QED) is 0.706. The van der Waals surface area contributed by atoms with Crippen LogP contribution in [0.15, 0.2) is 30.3 Å². The van der Waals surface area contributed by atoms with E-state index in [1.165, 1.54) is 11.8 Å². The van der Waals surface area contributed by atoms with Crippen LogP contribution in [-0.2, 0) is 25.7 Å². The SMILES string of the molecule is CC(=O)CC[C@@H](NC(=O)[C@H]1CCCN1C(=O)OCc1ccccc1)C(N)=O. The molecule has 1 aromatic carbocycles. The molecular formula is C19H25N3O5. The summed E-state index contributed by atoms with van der Waals surface area (Å²) >= 11 is 0. The maximum atomic E-state index is 12.5. The molecule has 27 heavy (non-hydrogen) atoms. The summed E-state index contributed by atoms with van der Waals surface area (Å²) in [6.45, 7) is 1.93. The van der Waals surface area contributed by atoms with Crippen LogP contribution in [0.1, 0.15) is 38.2 Å². The van der Waals surface area contributed by atoms with Gasteiger partial charge in [0, 0.05) is 13.0 Å². The van der Waals surface area contributed by atoms with Crippen molar-refractivity contribution in [1.82, 2.24) is 10.2 Å². The van der Waals surface area contributed by atoms with E-state index in [1.54, 1.807) is 0 Å². The van der Waals surface area contributed by atoms with Crippen LogP contribution in [0.5, 0.6) is 0 Å². The fraction of sp³-hybridized carbons (Fsp3) is 0.474. The van der Waals surface area contributed by atoms with E-state index in [1.807, 2.05) is 30.3 Å². The average Bonchev–Trinajstić information content (AvgIpc) is 3.13. The second kappa shape index (κ2) is 9.70. The molecule has 1 saturated heterocycles. The lowest BCUT2D eigenvalue weighted by molar-refractivity contribution is -0.130. The predicted molar refractivity (Wildman–Crippen MR) is 97.4 cm³/mol. The van der Waals surface area contributed by atoms with Gasteiger partial charge in [-0.3, -0.25) is 14.5 Å². The molecule has 0 spiro atoms. The number of ketones is 1. The minimum atomic E-state index is -0.941. The van der Waals surface area contributed by atoms with Crippen molar-refractivity contribution in [2.45, 2.75) is 51.3 Å². The summed E-state index contributed by atoms with van der Waals surface area (Å²) in [7, 11) is 0. The summed E-state index contributed by atoms with van der Waals surface area (Å²) in [4.78, 5) is 48.9. The van der Waals surface area contributed by atoms with E-state index in [2.05, 4.69) is 5.32 Å². The number of likely N-dealkylation sites (tertiary alicyclic amines) is 1. The zero-order valence-electron chi connectivity index (χ0n) is 15.3. The zero-order valence-corrected chi connectivity index (χ0v) is 15.3. The molecule has 1 aliphatic rings. The monoisotopic (exact) mass is 375 g/mol. The summed E-state index contributed by atoms with van der Waals surface area (Å²) in [5, 5.41) is 2.56. The van der Waals surface area contributed by atoms with E-state index < -0.39 is 30.0 Å². The molecule has 146 valence electrons. The Balaban J connectivity index is 1.92. The number of carbonyl (C=O) groups excluding carboxylic acids is 4. The van der Waals surface area contributed by atoms with E-state index in [4.69, 9.17) is 10.5 Å². The first-order valence-corrected chi connectivity index (χ1v) is 8.95. The van der Waals surface area contributed by atoms with E-state index in [-0.39, 0.29) is 25.2 Å². The van der Waals surface area contributed by atoms with Gasteiger partial charge in [-0.05, 0) is 31.7 Å². The number of nitrogens with two attached hydrogens (primary N) is 1. The minimum absolute atomic E-state index is 0.0949. The van der Waals surface area contributed by atoms with Crippen LogP contribution in [0.2, 0.25) is 0 Å². The Morgan fingerprint density at radius 2 is 1.96 bits per heavy atom. The second-order valence-corrected chi connectivity index (χ2v) is 6.60. The van der Waals surface area contributed by atoms with Crippen LogP contribution in [0, 0.1) is 0 Å². The molecular weight excluding hydrogens is 350 g/mol. The lowest BCUT2D eigenvalue weighted by Crippen LogP contribution is -2.52. The fourth-order valence-electron chi connectivity index (χ4n) is 2.96. The van der Waals surface area contributed by atoms with Crippen LogP contribution in [-0.4, -0.2) is 47.2 Å². The highest BCUT2D eigenvalue weighted by Gasteiger charge is 2.36. The molecule has 3 amide bonds. The van der Waals surface area contributed by atoms with Gasteiger partial charge in [0.2, 0.25) is 11.8 Å². The summed E-state index contributed by atoms with van der Waals surface area (Å²) in [5.74, 6) is -1.26. The molecule has 0 radical (unpaired) electrons. The molecule has 2 atom stereocenters. The molecule has 1 aliphatic heterocycles. The van der Waals surface area contributed by atoms with E-state index >= 15 is 0 Å². The number of nitrogens with one attached hydrogen (secondary N) is 1. The van der Waals surface area contributed by atoms with Gasteiger partial charge in [-0.1, -0.05) is 30.3 Å². The molecule has 1 fully saturated rings. The fourth-order valence-corrected chi connectivity index (χ4v) is 2.96. The average molecular weight is 375 g/mol. The summed E-state index contributed by atoms with van der Waals surface area (Å²) in [6.07, 6.45) is 0.844. The number of amides is 3. The van der Waals surface area contributed by atoms with Crippen molar-refractivity contribution < 1.29 is 23.9 Å². The largest absolute Gasteiger partial charge is 0.445 e. The Kier molecular flexibility index (Phi) is 7.34. The first-order valence-electron chi connectivity index (χ1n) is 8.95. The second-order valence-electron chi connectivity index (χ2n) is 6.60. The molecule has 0 aromatic heterocycles. The maximum Gasteiger partial charge on any atom is 0.410 e. The predicted octanol–water partition coefficient (Wildman–Crippen LogP) is 1.13. The molecule has 0 bridgehead atoms. The maximum absolute atomic E-state index is 12.5. The van der Waals surface area contributed by atoms with Gasteiger partial charge in [-0.15, -0.1) is 0 Å². The first-order chi connectivity index (χ1) is 12.9. The van der Waals surface area contributed by atoms with Gasteiger partial charge in [0.15, 0.2) is 0 Å². The number of ether oxygens (including phenoxy) is 1. The number of hydrogen-bond acceptors (Lipinski definition) is 5. The van der Waals surface area contributed by atoms with Gasteiger partial charge >= 0.3 is 6.09 Å². The number of Topliss-reactive ketones (excluding diaryl/α,β-unsaturated/α-hetero) is 1. The highest BCUT2D eigenvalue weighted by atomic mass is 16.6. The standard InChI is InChI=1S/C19H25N3O5/c1-13(23)9-10-15(17(20)24)21-18(25)16-8-5-11-22(16)19(26)27-12-14-6-3-2-4-7-14/h2-4,6-7,15-16H,5,8-12H2,1H3,(H2,20,24)(H,21,25)/t15-,16-/m1/s1. The third kappa shape index (κ3) is 6.09. The molecule has 8 nitrogen and oxygen atoms in total. The van der Waals surface area contributed by atoms with Gasteiger partial charge in [0.1, 0.15) is 24.5 Å². The molecule has 1 heterocycles. The van der Waals surface area contributed by atoms with Crippen LogP contribution < -0.4 is 11.1 Å². The number of carbonyl (C=O) groups is 4. The van der Waals surface area contributed by atoms with Crippen molar-refractivity contribution in [1.29, 1.82) is 0 Å². The zero-order chi connectivity index (χ0) is 19.8. The molecule has 0 unspecified atom stereocenters. The summed E-state index contributed by atoms with van der Waals surface area (Å²) in [5.41, 5.74) is 6.16. The molecule has 1 aromatic rings. The van der Waals surface area contributed by atoms with Gasteiger partial charge in [0.25, 0.3) is 0 Å². The van der Waals surface area contributed by atoms with Crippen molar-refractivity contribution in [3.8, 4) is 0 Å². The Hall–Kier alpha value is -2.90. The highest BCUT2D eigenvalue weighted by molar-refractivity contribution is 5.91. The molecule has 0 aliphatic carbocycles. The van der Waals surface area contributed by atoms with Crippen molar-refractivity contribution in [3.63, 3.8) is 0 Å². The number of primary amides is 1. The van der Waals surface area contributed by atoms with E-state index in [9.17, 15) is 19.2 Å². The highest BCUT2D eigenvalue weighted by Crippen LogP contribution is 2.19. The Morgan fingerprint density at radius 3 is 2.59 bits per heavy atom. The first kappa shape index (κ1) is 20.4. The number of hydrogen-bond donors (Lipinski definition) is 2. The van der Waals surface area contributed by atoms with Crippen LogP contribution in [0.4, 0.5) is 4.79 Å². The Morgan fingerprint density at radius 1 is 1.26 bits per heavy atom. The van der Waals surface area contributed by atoms with Crippen LogP contribution >= 0.6 is 0 Å². The number of nitrogens with zero attached hydrogens (tertiary/aromatic N) is 1. The Bertz CT molecular complexity index is 692. The van der Waals surface area contributed by atoms with Crippen molar-refractivity contribution in [2.75, 3.05) is 6.54 Å². The summed E-state index contributed by atoms with van der Waals surface area (Å²) in [6, 6.07) is 7.59. The van der Waals surface area contributed by atoms with E-state index in [0.717, 1.165) is 5.56 Å².